The van der Waals surface area contributed by atoms with Crippen LogP contribution in [-0.4, -0.2) is 38.5 Å². The first-order valence-electron chi connectivity index (χ1n) is 10.9. The second-order valence-electron chi connectivity index (χ2n) is 8.51. The molecule has 0 fully saturated rings. The van der Waals surface area contributed by atoms with Crippen molar-refractivity contribution in [3.05, 3.63) is 64.9 Å². The van der Waals surface area contributed by atoms with Crippen LogP contribution in [0.2, 0.25) is 0 Å². The molecule has 0 N–H and O–H groups in total. The lowest BCUT2D eigenvalue weighted by molar-refractivity contribution is -0.143. The molecule has 2 aliphatic heterocycles. The van der Waals surface area contributed by atoms with Gasteiger partial charge in [0, 0.05) is 29.3 Å². The van der Waals surface area contributed by atoms with Gasteiger partial charge in [0.1, 0.15) is 11.7 Å². The normalized spacial score (nSPS) is 23.7. The van der Waals surface area contributed by atoms with Gasteiger partial charge in [-0.3, -0.25) is 14.6 Å². The molecule has 2 aromatic rings. The Morgan fingerprint density at radius 3 is 2.45 bits per heavy atom. The largest absolute Gasteiger partial charge is 0.497 e. The molecule has 1 aliphatic carbocycles. The van der Waals surface area contributed by atoms with Crippen molar-refractivity contribution in [1.29, 1.82) is 0 Å². The molecule has 0 amide bonds. The smallest absolute Gasteiger partial charge is 0.315 e. The molecule has 3 atom stereocenters. The zero-order valence-corrected chi connectivity index (χ0v) is 18.8. The Labute approximate surface area is 192 Å². The number of hydrogen-bond donors (Lipinski definition) is 0. The molecule has 7 nitrogen and oxygen atoms in total. The van der Waals surface area contributed by atoms with E-state index < -0.39 is 17.8 Å². The summed E-state index contributed by atoms with van der Waals surface area (Å²) >= 11 is 0. The molecule has 1 unspecified atom stereocenters. The van der Waals surface area contributed by atoms with Gasteiger partial charge in [-0.05, 0) is 54.7 Å². The zero-order chi connectivity index (χ0) is 23.1. The molecule has 5 rings (SSSR count). The molecule has 2 aromatic carbocycles. The molecule has 33 heavy (non-hydrogen) atoms. The third kappa shape index (κ3) is 3.67. The first kappa shape index (κ1) is 21.2. The Balaban J connectivity index is 1.57. The van der Waals surface area contributed by atoms with Gasteiger partial charge >= 0.3 is 5.97 Å². The molecular weight excluding hydrogens is 422 g/mol. The summed E-state index contributed by atoms with van der Waals surface area (Å²) in [6.07, 6.45) is 0.981. The molecule has 0 saturated carbocycles. The summed E-state index contributed by atoms with van der Waals surface area (Å²) < 4.78 is 21.4. The van der Waals surface area contributed by atoms with Crippen LogP contribution in [-0.2, 0) is 14.3 Å². The number of allylic oxidation sites excluding steroid dienone is 2. The quantitative estimate of drug-likeness (QED) is 0.654. The number of ketones is 1. The van der Waals surface area contributed by atoms with E-state index in [1.807, 2.05) is 49.4 Å². The van der Waals surface area contributed by atoms with Gasteiger partial charge in [0.25, 0.3) is 0 Å². The van der Waals surface area contributed by atoms with Crippen LogP contribution in [0.25, 0.3) is 0 Å². The van der Waals surface area contributed by atoms with Gasteiger partial charge in [0.05, 0.1) is 14.2 Å². The van der Waals surface area contributed by atoms with E-state index in [1.54, 1.807) is 7.11 Å². The highest BCUT2D eigenvalue weighted by atomic mass is 16.7. The van der Waals surface area contributed by atoms with E-state index in [4.69, 9.17) is 23.9 Å². The fourth-order valence-corrected chi connectivity index (χ4v) is 5.07. The first-order valence-corrected chi connectivity index (χ1v) is 10.9. The fraction of sp³-hybridized carbons (Fsp3) is 0.346. The lowest BCUT2D eigenvalue weighted by Crippen LogP contribution is -2.37. The van der Waals surface area contributed by atoms with E-state index in [1.165, 1.54) is 7.11 Å². The number of carbonyl (C=O) groups is 2. The van der Waals surface area contributed by atoms with Crippen LogP contribution >= 0.6 is 0 Å². The van der Waals surface area contributed by atoms with Crippen LogP contribution in [0.3, 0.4) is 0 Å². The Morgan fingerprint density at radius 2 is 1.73 bits per heavy atom. The minimum atomic E-state index is -0.671. The molecule has 0 aromatic heterocycles. The molecule has 0 spiro atoms. The van der Waals surface area contributed by atoms with Crippen molar-refractivity contribution in [3.63, 3.8) is 0 Å². The van der Waals surface area contributed by atoms with E-state index in [2.05, 4.69) is 0 Å². The number of rotatable bonds is 4. The van der Waals surface area contributed by atoms with E-state index in [0.29, 0.717) is 35.6 Å². The van der Waals surface area contributed by atoms with Gasteiger partial charge in [-0.15, -0.1) is 0 Å². The van der Waals surface area contributed by atoms with Gasteiger partial charge < -0.3 is 18.9 Å². The first-order chi connectivity index (χ1) is 16.0. The maximum atomic E-state index is 13.6. The van der Waals surface area contributed by atoms with Crippen LogP contribution in [0.5, 0.6) is 17.2 Å². The summed E-state index contributed by atoms with van der Waals surface area (Å²) in [5.74, 6) is 0.498. The topological polar surface area (TPSA) is 83.4 Å². The van der Waals surface area contributed by atoms with E-state index in [-0.39, 0.29) is 18.5 Å². The monoisotopic (exact) mass is 447 g/mol. The number of Topliss-reactive ketones (excluding diaryl/α,β-unsaturated/α-hetero) is 1. The molecule has 2 heterocycles. The van der Waals surface area contributed by atoms with Crippen molar-refractivity contribution in [1.82, 2.24) is 0 Å². The number of carbonyl (C=O) groups excluding carboxylic acids is 2. The highest BCUT2D eigenvalue weighted by molar-refractivity contribution is 6.09. The number of methoxy groups -OCH3 is 2. The molecule has 3 aliphatic rings. The predicted octanol–water partition coefficient (Wildman–Crippen LogP) is 4.17. The Hall–Kier alpha value is -3.61. The van der Waals surface area contributed by atoms with Gasteiger partial charge in [0.2, 0.25) is 6.79 Å². The SMILES string of the molecule is COC(=O)C1C(C)=NC2=C(C(=O)C[C@@H](c3ccc(OC)cc3)C2)[C@H]1c1ccc2c(c1)OCO2. The summed E-state index contributed by atoms with van der Waals surface area (Å²) in [5, 5.41) is 0. The number of esters is 1. The number of aliphatic imine (C=N–C) groups is 1. The van der Waals surface area contributed by atoms with Gasteiger partial charge in [-0.25, -0.2) is 0 Å². The van der Waals surface area contributed by atoms with Crippen LogP contribution < -0.4 is 14.2 Å². The van der Waals surface area contributed by atoms with Gasteiger partial charge in [-0.1, -0.05) is 18.2 Å². The molecule has 0 bridgehead atoms. The molecular formula is C26H25NO6. The summed E-state index contributed by atoms with van der Waals surface area (Å²) in [7, 11) is 2.99. The molecule has 170 valence electrons. The lowest BCUT2D eigenvalue weighted by atomic mass is 9.69. The Kier molecular flexibility index (Phi) is 5.40. The zero-order valence-electron chi connectivity index (χ0n) is 18.8. The van der Waals surface area contributed by atoms with Crippen molar-refractivity contribution in [2.24, 2.45) is 10.9 Å². The number of hydrogen-bond acceptors (Lipinski definition) is 7. The summed E-state index contributed by atoms with van der Waals surface area (Å²) in [5.41, 5.74) is 3.87. The average molecular weight is 447 g/mol. The molecule has 7 heteroatoms. The van der Waals surface area contributed by atoms with Crippen LogP contribution in [0.15, 0.2) is 58.7 Å². The highest BCUT2D eigenvalue weighted by Crippen LogP contribution is 2.48. The predicted molar refractivity (Wildman–Crippen MR) is 121 cm³/mol. The van der Waals surface area contributed by atoms with Crippen molar-refractivity contribution < 1.29 is 28.5 Å². The number of fused-ring (bicyclic) bond motifs is 1. The second-order valence-corrected chi connectivity index (χ2v) is 8.51. The Bertz CT molecular complexity index is 1180. The fourth-order valence-electron chi connectivity index (χ4n) is 5.07. The molecule has 0 saturated heterocycles. The van der Waals surface area contributed by atoms with Gasteiger partial charge in [0.15, 0.2) is 17.3 Å². The average Bonchev–Trinajstić information content (AvgIpc) is 3.30. The second kappa shape index (κ2) is 8.39. The number of nitrogens with zero attached hydrogens (tertiary/aromatic N) is 1. The number of benzene rings is 2. The summed E-state index contributed by atoms with van der Waals surface area (Å²) in [6, 6.07) is 13.4. The van der Waals surface area contributed by atoms with Crippen molar-refractivity contribution in [3.8, 4) is 17.2 Å². The summed E-state index contributed by atoms with van der Waals surface area (Å²) in [6.45, 7) is 1.98. The number of ether oxygens (including phenoxy) is 4. The third-order valence-corrected chi connectivity index (χ3v) is 6.69. The van der Waals surface area contributed by atoms with Crippen LogP contribution in [0.1, 0.15) is 42.7 Å². The highest BCUT2D eigenvalue weighted by Gasteiger charge is 2.45. The summed E-state index contributed by atoms with van der Waals surface area (Å²) in [4.78, 5) is 31.1. The van der Waals surface area contributed by atoms with Gasteiger partial charge in [-0.2, -0.15) is 0 Å². The van der Waals surface area contributed by atoms with Crippen molar-refractivity contribution in [2.75, 3.05) is 21.0 Å². The maximum Gasteiger partial charge on any atom is 0.315 e. The van der Waals surface area contributed by atoms with E-state index in [9.17, 15) is 9.59 Å². The maximum absolute atomic E-state index is 13.6. The van der Waals surface area contributed by atoms with Crippen molar-refractivity contribution >= 4 is 17.5 Å². The lowest BCUT2D eigenvalue weighted by Gasteiger charge is -2.36. The Morgan fingerprint density at radius 1 is 1.00 bits per heavy atom. The standard InChI is InChI=1S/C26H25NO6/c1-14-23(26(29)31-3)24(16-6-9-21-22(12-16)33-13-32-21)25-19(27-14)10-17(11-20(25)28)15-4-7-18(30-2)8-5-15/h4-9,12,17,23-24H,10-11,13H2,1-3H3/t17-,23?,24-/m0/s1. The minimum absolute atomic E-state index is 0.00453. The van der Waals surface area contributed by atoms with E-state index >= 15 is 0 Å². The van der Waals surface area contributed by atoms with Crippen molar-refractivity contribution in [2.45, 2.75) is 31.6 Å². The van der Waals surface area contributed by atoms with Crippen LogP contribution in [0, 0.1) is 5.92 Å². The minimum Gasteiger partial charge on any atom is -0.497 e. The molecule has 0 radical (unpaired) electrons. The van der Waals surface area contributed by atoms with E-state index in [0.717, 1.165) is 22.6 Å². The van der Waals surface area contributed by atoms with Crippen LogP contribution in [0.4, 0.5) is 0 Å². The third-order valence-electron chi connectivity index (χ3n) is 6.69.